The molecule has 2 aromatic rings. The Labute approximate surface area is 142 Å². The van der Waals surface area contributed by atoms with Gasteiger partial charge >= 0.3 is 0 Å². The van der Waals surface area contributed by atoms with Crippen LogP contribution in [0.5, 0.6) is 0 Å². The molecule has 0 unspecified atom stereocenters. The topological polar surface area (TPSA) is 58.2 Å². The molecule has 124 valence electrons. The van der Waals surface area contributed by atoms with Gasteiger partial charge in [-0.25, -0.2) is 0 Å². The summed E-state index contributed by atoms with van der Waals surface area (Å²) in [6.07, 6.45) is 1.20. The molecule has 0 aliphatic heterocycles. The molecule has 2 N–H and O–H groups in total. The van der Waals surface area contributed by atoms with Crippen molar-refractivity contribution in [1.29, 1.82) is 0 Å². The minimum absolute atomic E-state index is 0.0566. The van der Waals surface area contributed by atoms with E-state index in [0.29, 0.717) is 11.3 Å². The normalized spacial score (nSPS) is 11.6. The second-order valence-corrected chi connectivity index (χ2v) is 5.88. The first-order chi connectivity index (χ1) is 11.5. The van der Waals surface area contributed by atoms with Crippen molar-refractivity contribution in [1.82, 2.24) is 5.32 Å². The Morgan fingerprint density at radius 1 is 1.00 bits per heavy atom. The van der Waals surface area contributed by atoms with E-state index in [4.69, 9.17) is 0 Å². The van der Waals surface area contributed by atoms with E-state index in [2.05, 4.69) is 31.1 Å². The Bertz CT molecular complexity index is 706. The van der Waals surface area contributed by atoms with Crippen LogP contribution in [0.2, 0.25) is 0 Å². The van der Waals surface area contributed by atoms with Gasteiger partial charge in [-0.2, -0.15) is 0 Å². The maximum absolute atomic E-state index is 12.5. The average Bonchev–Trinajstić information content (AvgIpc) is 2.60. The van der Waals surface area contributed by atoms with Crippen LogP contribution in [0, 0.1) is 5.92 Å². The Morgan fingerprint density at radius 3 is 2.17 bits per heavy atom. The standard InChI is InChI=1S/C20H22N2O2/c1-4-18(23)21-17-12-10-16(11-13-17)20(24)22-19(14(2)3)15-8-6-5-7-9-15/h4-14,19H,1H2,2-3H3,(H,21,23)(H,22,24)/t19-/m0/s1. The fraction of sp³-hybridized carbons (Fsp3) is 0.200. The predicted octanol–water partition coefficient (Wildman–Crippen LogP) is 3.94. The van der Waals surface area contributed by atoms with Crippen LogP contribution in [0.1, 0.15) is 35.8 Å². The number of carbonyl (C=O) groups is 2. The zero-order valence-electron chi connectivity index (χ0n) is 14.0. The maximum Gasteiger partial charge on any atom is 0.251 e. The van der Waals surface area contributed by atoms with Crippen LogP contribution in [0.4, 0.5) is 5.69 Å². The van der Waals surface area contributed by atoms with Crippen LogP contribution in [0.25, 0.3) is 0 Å². The molecule has 2 amide bonds. The van der Waals surface area contributed by atoms with Crippen molar-refractivity contribution in [3.63, 3.8) is 0 Å². The van der Waals surface area contributed by atoms with E-state index in [1.807, 2.05) is 30.3 Å². The van der Waals surface area contributed by atoms with E-state index in [-0.39, 0.29) is 23.8 Å². The second kappa shape index (κ2) is 8.11. The molecule has 2 rings (SSSR count). The van der Waals surface area contributed by atoms with Crippen LogP contribution in [-0.4, -0.2) is 11.8 Å². The first kappa shape index (κ1) is 17.5. The van der Waals surface area contributed by atoms with Crippen molar-refractivity contribution in [3.05, 3.63) is 78.4 Å². The SMILES string of the molecule is C=CC(=O)Nc1ccc(C(=O)N[C@H](c2ccccc2)C(C)C)cc1. The highest BCUT2D eigenvalue weighted by molar-refractivity contribution is 5.99. The zero-order valence-corrected chi connectivity index (χ0v) is 14.0. The molecule has 0 aliphatic rings. The summed E-state index contributed by atoms with van der Waals surface area (Å²) >= 11 is 0. The second-order valence-electron chi connectivity index (χ2n) is 5.88. The molecular weight excluding hydrogens is 300 g/mol. The number of rotatable bonds is 6. The summed E-state index contributed by atoms with van der Waals surface area (Å²) in [4.78, 5) is 23.8. The molecular formula is C20H22N2O2. The maximum atomic E-state index is 12.5. The number of anilines is 1. The van der Waals surface area contributed by atoms with E-state index >= 15 is 0 Å². The third-order valence-corrected chi connectivity index (χ3v) is 3.71. The summed E-state index contributed by atoms with van der Waals surface area (Å²) in [6.45, 7) is 7.55. The van der Waals surface area contributed by atoms with Gasteiger partial charge in [0.25, 0.3) is 5.91 Å². The molecule has 2 aromatic carbocycles. The van der Waals surface area contributed by atoms with Gasteiger partial charge in [0.1, 0.15) is 0 Å². The molecule has 4 heteroatoms. The molecule has 0 aliphatic carbocycles. The molecule has 0 saturated heterocycles. The summed E-state index contributed by atoms with van der Waals surface area (Å²) < 4.78 is 0. The summed E-state index contributed by atoms with van der Waals surface area (Å²) in [7, 11) is 0. The van der Waals surface area contributed by atoms with Crippen LogP contribution < -0.4 is 10.6 Å². The van der Waals surface area contributed by atoms with Crippen LogP contribution >= 0.6 is 0 Å². The van der Waals surface area contributed by atoms with Crippen molar-refractivity contribution < 1.29 is 9.59 Å². The molecule has 1 atom stereocenters. The lowest BCUT2D eigenvalue weighted by Gasteiger charge is -2.23. The van der Waals surface area contributed by atoms with Gasteiger partial charge in [0.2, 0.25) is 5.91 Å². The largest absolute Gasteiger partial charge is 0.345 e. The van der Waals surface area contributed by atoms with E-state index < -0.39 is 0 Å². The smallest absolute Gasteiger partial charge is 0.251 e. The third kappa shape index (κ3) is 4.56. The molecule has 0 fully saturated rings. The lowest BCUT2D eigenvalue weighted by atomic mass is 9.95. The number of benzene rings is 2. The minimum atomic E-state index is -0.281. The van der Waals surface area contributed by atoms with Gasteiger partial charge in [-0.3, -0.25) is 9.59 Å². The Morgan fingerprint density at radius 2 is 1.62 bits per heavy atom. The molecule has 0 aromatic heterocycles. The van der Waals surface area contributed by atoms with E-state index in [0.717, 1.165) is 5.56 Å². The van der Waals surface area contributed by atoms with E-state index in [1.54, 1.807) is 24.3 Å². The van der Waals surface area contributed by atoms with Gasteiger partial charge in [-0.1, -0.05) is 50.8 Å². The Balaban J connectivity index is 2.10. The fourth-order valence-corrected chi connectivity index (χ4v) is 2.42. The predicted molar refractivity (Wildman–Crippen MR) is 96.8 cm³/mol. The summed E-state index contributed by atoms with van der Waals surface area (Å²) in [5.41, 5.74) is 2.25. The monoisotopic (exact) mass is 322 g/mol. The van der Waals surface area contributed by atoms with Gasteiger partial charge in [0, 0.05) is 11.3 Å². The molecule has 0 saturated carbocycles. The highest BCUT2D eigenvalue weighted by Gasteiger charge is 2.18. The van der Waals surface area contributed by atoms with Gasteiger partial charge in [-0.15, -0.1) is 0 Å². The van der Waals surface area contributed by atoms with Crippen LogP contribution in [-0.2, 0) is 4.79 Å². The average molecular weight is 322 g/mol. The third-order valence-electron chi connectivity index (χ3n) is 3.71. The Kier molecular flexibility index (Phi) is 5.90. The zero-order chi connectivity index (χ0) is 17.5. The van der Waals surface area contributed by atoms with Crippen molar-refractivity contribution in [2.45, 2.75) is 19.9 Å². The van der Waals surface area contributed by atoms with Crippen molar-refractivity contribution in [3.8, 4) is 0 Å². The first-order valence-corrected chi connectivity index (χ1v) is 7.90. The van der Waals surface area contributed by atoms with Crippen LogP contribution in [0.3, 0.4) is 0 Å². The number of hydrogen-bond acceptors (Lipinski definition) is 2. The lowest BCUT2D eigenvalue weighted by molar-refractivity contribution is -0.111. The summed E-state index contributed by atoms with van der Waals surface area (Å²) in [5.74, 6) is -0.155. The molecule has 0 spiro atoms. The fourth-order valence-electron chi connectivity index (χ4n) is 2.42. The first-order valence-electron chi connectivity index (χ1n) is 7.90. The number of carbonyl (C=O) groups excluding carboxylic acids is 2. The van der Waals surface area contributed by atoms with Gasteiger partial charge in [0.05, 0.1) is 6.04 Å². The minimum Gasteiger partial charge on any atom is -0.345 e. The van der Waals surface area contributed by atoms with Gasteiger partial charge < -0.3 is 10.6 Å². The number of hydrogen-bond donors (Lipinski definition) is 2. The molecule has 0 heterocycles. The van der Waals surface area contributed by atoms with E-state index in [1.165, 1.54) is 6.08 Å². The highest BCUT2D eigenvalue weighted by atomic mass is 16.2. The van der Waals surface area contributed by atoms with E-state index in [9.17, 15) is 9.59 Å². The summed E-state index contributed by atoms with van der Waals surface area (Å²) in [5, 5.41) is 5.73. The molecule has 4 nitrogen and oxygen atoms in total. The van der Waals surface area contributed by atoms with Crippen molar-refractivity contribution in [2.24, 2.45) is 5.92 Å². The van der Waals surface area contributed by atoms with Crippen LogP contribution in [0.15, 0.2) is 67.3 Å². The van der Waals surface area contributed by atoms with Crippen molar-refractivity contribution >= 4 is 17.5 Å². The molecule has 0 bridgehead atoms. The lowest BCUT2D eigenvalue weighted by Crippen LogP contribution is -2.31. The van der Waals surface area contributed by atoms with Gasteiger partial charge in [-0.05, 0) is 41.8 Å². The van der Waals surface area contributed by atoms with Crippen molar-refractivity contribution in [2.75, 3.05) is 5.32 Å². The number of nitrogens with one attached hydrogen (secondary N) is 2. The number of amides is 2. The van der Waals surface area contributed by atoms with Gasteiger partial charge in [0.15, 0.2) is 0 Å². The molecule has 24 heavy (non-hydrogen) atoms. The summed E-state index contributed by atoms with van der Waals surface area (Å²) in [6, 6.07) is 16.6. The quantitative estimate of drug-likeness (QED) is 0.792. The molecule has 0 radical (unpaired) electrons. The highest BCUT2D eigenvalue weighted by Crippen LogP contribution is 2.22. The Hall–Kier alpha value is -2.88.